The standard InChI is InChI=1S/C67H43N3.C61H41N3Si/c1-68-57-39-55(46-17-8-3-9-18-46)38-56(40-57)54-32-36-67-63(44-54)61-42-52(30-34-65(61)70(67)59-23-12-5-13-24-59)48-27-25-47(26-28-48)51-29-33-64-60(41-51)62-43-53(31-35-66(62)69(64)58-21-10-4-11-22-58)50-20-14-19-49(37-50)45-15-6-2-7-16-45;62-42-43-28-35-59-55(38-43)57-40-47(45-31-29-44(30-32-45)46-33-36-60-56(39-46)54-26-13-14-27-58(54)63(60)48-16-5-1-6-17-48)34-37-61(57)64(59)49-18-15-25-53(41-49)65(50-19-7-2-8-20-50,51-21-9-3-10-22-51)52-23-11-4-12-24-52/h2-44H;1-41H. The maximum absolute atomic E-state index is 10.1. The minimum Gasteiger partial charge on any atom is -0.309 e. The van der Waals surface area contributed by atoms with E-state index >= 15 is 0 Å². The van der Waals surface area contributed by atoms with Crippen molar-refractivity contribution < 1.29 is 0 Å². The predicted molar refractivity (Wildman–Crippen MR) is 568 cm³/mol. The Kier molecular flexibility index (Phi) is 20.3. The van der Waals surface area contributed by atoms with E-state index in [1.165, 1.54) is 120 Å². The van der Waals surface area contributed by atoms with Gasteiger partial charge in [-0.1, -0.05) is 340 Å². The third kappa shape index (κ3) is 14.4. The van der Waals surface area contributed by atoms with Gasteiger partial charge in [-0.25, -0.2) is 4.85 Å². The van der Waals surface area contributed by atoms with Gasteiger partial charge < -0.3 is 18.3 Å². The first kappa shape index (κ1) is 80.3. The van der Waals surface area contributed by atoms with E-state index in [0.717, 1.165) is 100 Å². The summed E-state index contributed by atoms with van der Waals surface area (Å²) in [6, 6.07) is 186. The molecule has 7 heteroatoms. The molecule has 25 aromatic rings. The van der Waals surface area contributed by atoms with Crippen molar-refractivity contribution in [2.24, 2.45) is 0 Å². The zero-order valence-corrected chi connectivity index (χ0v) is 74.7. The van der Waals surface area contributed by atoms with E-state index < -0.39 is 8.07 Å². The van der Waals surface area contributed by atoms with Crippen LogP contribution < -0.4 is 20.7 Å². The molecule has 4 aromatic heterocycles. The lowest BCUT2D eigenvalue weighted by Gasteiger charge is -2.34. The molecule has 0 aliphatic rings. The molecule has 0 fully saturated rings. The molecule has 0 aliphatic heterocycles. The van der Waals surface area contributed by atoms with Crippen LogP contribution in [0.3, 0.4) is 0 Å². The van der Waals surface area contributed by atoms with E-state index in [2.05, 4.69) is 496 Å². The van der Waals surface area contributed by atoms with Gasteiger partial charge in [0.05, 0.1) is 62.3 Å². The zero-order chi connectivity index (χ0) is 89.9. The first-order valence-corrected chi connectivity index (χ1v) is 47.9. The number of nitrogens with zero attached hydrogens (tertiary/aromatic N) is 6. The normalized spacial score (nSPS) is 11.5. The molecule has 0 bridgehead atoms. The molecule has 630 valence electrons. The van der Waals surface area contributed by atoms with Gasteiger partial charge in [-0.3, -0.25) is 0 Å². The fraction of sp³-hybridized carbons (Fsp3) is 0. The Bertz CT molecular complexity index is 8840. The van der Waals surface area contributed by atoms with Gasteiger partial charge in [0.2, 0.25) is 0 Å². The highest BCUT2D eigenvalue weighted by molar-refractivity contribution is 7.20. The summed E-state index contributed by atoms with van der Waals surface area (Å²) in [4.78, 5) is 3.88. The molecule has 21 aromatic carbocycles. The number of nitriles is 1. The maximum atomic E-state index is 10.1. The van der Waals surface area contributed by atoms with Gasteiger partial charge in [0.15, 0.2) is 13.8 Å². The van der Waals surface area contributed by atoms with Crippen molar-refractivity contribution in [3.8, 4) is 118 Å². The highest BCUT2D eigenvalue weighted by Gasteiger charge is 2.42. The van der Waals surface area contributed by atoms with Crippen LogP contribution >= 0.6 is 0 Å². The topological polar surface area (TPSA) is 47.9 Å². The van der Waals surface area contributed by atoms with Crippen molar-refractivity contribution in [2.75, 3.05) is 0 Å². The Morgan fingerprint density at radius 1 is 0.178 bits per heavy atom. The maximum Gasteiger partial charge on any atom is 0.188 e. The van der Waals surface area contributed by atoms with E-state index in [1.54, 1.807) is 0 Å². The fourth-order valence-corrected chi connectivity index (χ4v) is 25.6. The lowest BCUT2D eigenvalue weighted by Crippen LogP contribution is -2.74. The number of aromatic nitrogens is 4. The Balaban J connectivity index is 0.000000148. The molecule has 0 saturated heterocycles. The fourth-order valence-electron chi connectivity index (χ4n) is 20.8. The zero-order valence-electron chi connectivity index (χ0n) is 73.7. The van der Waals surface area contributed by atoms with Crippen molar-refractivity contribution in [2.45, 2.75) is 0 Å². The van der Waals surface area contributed by atoms with Crippen LogP contribution in [0.4, 0.5) is 5.69 Å². The second kappa shape index (κ2) is 34.1. The van der Waals surface area contributed by atoms with Gasteiger partial charge in [-0.05, 0) is 280 Å². The van der Waals surface area contributed by atoms with E-state index in [0.29, 0.717) is 11.3 Å². The third-order valence-electron chi connectivity index (χ3n) is 27.2. The monoisotopic (exact) mass is 1730 g/mol. The lowest BCUT2D eigenvalue weighted by atomic mass is 9.96. The largest absolute Gasteiger partial charge is 0.309 e. The minimum atomic E-state index is -2.77. The number of fused-ring (bicyclic) bond motifs is 12. The molecular weight excluding hydrogens is 1650 g/mol. The van der Waals surface area contributed by atoms with Gasteiger partial charge >= 0.3 is 0 Å². The van der Waals surface area contributed by atoms with Crippen LogP contribution in [0.15, 0.2) is 510 Å². The molecular formula is C128H84N6Si. The van der Waals surface area contributed by atoms with Crippen LogP contribution in [0.1, 0.15) is 5.56 Å². The van der Waals surface area contributed by atoms with Crippen molar-refractivity contribution >= 4 is 122 Å². The first-order valence-electron chi connectivity index (χ1n) is 45.9. The van der Waals surface area contributed by atoms with Gasteiger partial charge in [0.25, 0.3) is 0 Å². The second-order valence-electron chi connectivity index (χ2n) is 34.8. The summed E-state index contributed by atoms with van der Waals surface area (Å²) in [7, 11) is -2.77. The molecule has 0 N–H and O–H groups in total. The SMILES string of the molecule is N#Cc1ccc2c(c1)c1cc(-c3ccc(-c4ccc5c(c4)c4ccccc4n5-c4ccccc4)cc3)ccc1n2-c1cccc([Si](c2ccccc2)(c2ccccc2)c2ccccc2)c1.[C-]#[N+]c1cc(-c2ccccc2)cc(-c2ccc3c(c2)c2cc(-c4ccc(-c5ccc6c(c5)c5cc(-c7cccc(-c8ccccc8)c7)ccc5n6-c5ccccc5)cc4)ccc2n3-c2ccccc2)c1. The quantitative estimate of drug-likeness (QED) is 0.0540. The summed E-state index contributed by atoms with van der Waals surface area (Å²) in [5.74, 6) is 0. The number of rotatable bonds is 16. The Morgan fingerprint density at radius 2 is 0.415 bits per heavy atom. The summed E-state index contributed by atoms with van der Waals surface area (Å²) in [5.41, 5.74) is 33.3. The van der Waals surface area contributed by atoms with Crippen molar-refractivity contribution in [3.63, 3.8) is 0 Å². The summed E-state index contributed by atoms with van der Waals surface area (Å²) >= 11 is 0. The molecule has 6 nitrogen and oxygen atoms in total. The number of para-hydroxylation sites is 4. The number of benzene rings is 21. The van der Waals surface area contributed by atoms with Crippen LogP contribution in [0.2, 0.25) is 0 Å². The van der Waals surface area contributed by atoms with Gasteiger partial charge in [0, 0.05) is 65.8 Å². The van der Waals surface area contributed by atoms with Gasteiger partial charge in [-0.15, -0.1) is 0 Å². The number of hydrogen-bond acceptors (Lipinski definition) is 1. The van der Waals surface area contributed by atoms with Crippen LogP contribution in [0, 0.1) is 17.9 Å². The number of hydrogen-bond donors (Lipinski definition) is 0. The molecule has 0 atom stereocenters. The lowest BCUT2D eigenvalue weighted by molar-refractivity contribution is 1.18. The van der Waals surface area contributed by atoms with Crippen LogP contribution in [-0.2, 0) is 0 Å². The molecule has 0 amide bonds. The van der Waals surface area contributed by atoms with E-state index in [1.807, 2.05) is 42.5 Å². The average Bonchev–Trinajstić information content (AvgIpc) is 1.60. The van der Waals surface area contributed by atoms with Crippen LogP contribution in [-0.4, -0.2) is 26.3 Å². The Hall–Kier alpha value is -18.0. The van der Waals surface area contributed by atoms with E-state index in [9.17, 15) is 5.26 Å². The van der Waals surface area contributed by atoms with E-state index in [-0.39, 0.29) is 0 Å². The molecule has 0 radical (unpaired) electrons. The summed E-state index contributed by atoms with van der Waals surface area (Å²) < 4.78 is 9.49. The molecule has 25 rings (SSSR count). The van der Waals surface area contributed by atoms with E-state index in [4.69, 9.17) is 6.57 Å². The average molecular weight is 1730 g/mol. The Morgan fingerprint density at radius 3 is 0.800 bits per heavy atom. The molecule has 135 heavy (non-hydrogen) atoms. The first-order chi connectivity index (χ1) is 66.8. The smallest absolute Gasteiger partial charge is 0.188 e. The highest BCUT2D eigenvalue weighted by atomic mass is 28.3. The molecule has 0 saturated carbocycles. The highest BCUT2D eigenvalue weighted by Crippen LogP contribution is 2.45. The summed E-state index contributed by atoms with van der Waals surface area (Å²) in [5, 5.41) is 24.9. The Labute approximate surface area is 784 Å². The predicted octanol–water partition coefficient (Wildman–Crippen LogP) is 30.9. The van der Waals surface area contributed by atoms with Crippen LogP contribution in [0.5, 0.6) is 0 Å². The summed E-state index contributed by atoms with van der Waals surface area (Å²) in [6.07, 6.45) is 0. The third-order valence-corrected chi connectivity index (χ3v) is 32.0. The molecule has 0 spiro atoms. The molecule has 0 unspecified atom stereocenters. The molecule has 4 heterocycles. The van der Waals surface area contributed by atoms with Gasteiger partial charge in [0.1, 0.15) is 0 Å². The second-order valence-corrected chi connectivity index (χ2v) is 38.7. The van der Waals surface area contributed by atoms with Crippen LogP contribution in [0.25, 0.3) is 204 Å². The van der Waals surface area contributed by atoms with Crippen molar-refractivity contribution in [1.82, 2.24) is 18.3 Å². The molecule has 0 aliphatic carbocycles. The minimum absolute atomic E-state index is 0.628. The van der Waals surface area contributed by atoms with Crippen molar-refractivity contribution in [1.29, 1.82) is 5.26 Å². The summed E-state index contributed by atoms with van der Waals surface area (Å²) in [6.45, 7) is 7.94. The van der Waals surface area contributed by atoms with Gasteiger partial charge in [-0.2, -0.15) is 5.26 Å². The van der Waals surface area contributed by atoms with Crippen molar-refractivity contribution in [3.05, 3.63) is 527 Å².